The Balaban J connectivity index is 1.38. The number of hydrogen-bond donors (Lipinski definition) is 4. The largest absolute Gasteiger partial charge is 0.478 e. The average Bonchev–Trinajstić information content (AvgIpc) is 3.56. The zero-order chi connectivity index (χ0) is 28.8. The van der Waals surface area contributed by atoms with Gasteiger partial charge in [0.05, 0.1) is 4.70 Å². The van der Waals surface area contributed by atoms with Crippen molar-refractivity contribution in [2.24, 2.45) is 5.16 Å². The number of thioether (sulfide) groups is 1. The number of nitrogens with zero attached hydrogens (tertiary/aromatic N) is 4. The molecule has 3 aromatic rings. The van der Waals surface area contributed by atoms with Gasteiger partial charge in [0.15, 0.2) is 23.6 Å². The van der Waals surface area contributed by atoms with Gasteiger partial charge >= 0.3 is 11.9 Å². The number of rotatable bonds is 9. The molecule has 3 aromatic heterocycles. The summed E-state index contributed by atoms with van der Waals surface area (Å²) in [6.07, 6.45) is 1.86. The fraction of sp³-hybridized carbons (Fsp3) is 0.292. The topological polar surface area (TPSA) is 188 Å². The molecule has 208 valence electrons. The lowest BCUT2D eigenvalue weighted by Crippen LogP contribution is -2.71. The van der Waals surface area contributed by atoms with Crippen molar-refractivity contribution < 1.29 is 38.8 Å². The number of anilines is 1. The van der Waals surface area contributed by atoms with Crippen molar-refractivity contribution in [2.45, 2.75) is 37.4 Å². The van der Waals surface area contributed by atoms with E-state index in [4.69, 9.17) is 10.6 Å². The van der Waals surface area contributed by atoms with Crippen molar-refractivity contribution >= 4 is 79.2 Å². The number of carboxylic acid groups (broad SMARTS) is 2. The van der Waals surface area contributed by atoms with E-state index >= 15 is 0 Å². The van der Waals surface area contributed by atoms with Gasteiger partial charge in [0, 0.05) is 28.8 Å². The molecule has 5 rings (SSSR count). The zero-order valence-electron chi connectivity index (χ0n) is 21.1. The van der Waals surface area contributed by atoms with Crippen LogP contribution >= 0.6 is 34.4 Å². The van der Waals surface area contributed by atoms with Crippen LogP contribution in [0, 0.1) is 0 Å². The van der Waals surface area contributed by atoms with Gasteiger partial charge < -0.3 is 26.1 Å². The molecule has 1 saturated heterocycles. The second-order valence-electron chi connectivity index (χ2n) is 9.34. The maximum atomic E-state index is 13.2. The number of aliphatic carboxylic acids is 2. The monoisotopic (exact) mass is 603 g/mol. The highest BCUT2D eigenvalue weighted by Gasteiger charge is 2.55. The molecule has 0 aromatic carbocycles. The standard InChI is InChI=1S/C24H22N6O7S3/c1-24(2,22(35)36)37-28-15(12-10-40-23(25)26-12)18(31)27-16-19(32)30-17(21(33)34)11(9-39-20(16)30)8-29-6-3-4-14-13(29)5-7-38-14/h3-7,10,16,20H,8-9H2,1-2H3,(H4-,25,26,27,31,33,34,35,36)/p+1/t16?,20-/m0/s1. The Morgan fingerprint density at radius 1 is 1.30 bits per heavy atom. The lowest BCUT2D eigenvalue weighted by atomic mass is 10.0. The molecule has 2 aliphatic heterocycles. The van der Waals surface area contributed by atoms with Crippen molar-refractivity contribution in [3.05, 3.63) is 52.1 Å². The summed E-state index contributed by atoms with van der Waals surface area (Å²) >= 11 is 3.94. The second kappa shape index (κ2) is 10.5. The molecule has 0 radical (unpaired) electrons. The number of amides is 2. The predicted octanol–water partition coefficient (Wildman–Crippen LogP) is 1.25. The minimum atomic E-state index is -1.75. The van der Waals surface area contributed by atoms with Crippen LogP contribution in [-0.2, 0) is 30.6 Å². The van der Waals surface area contributed by atoms with E-state index in [1.807, 2.05) is 34.3 Å². The molecule has 0 saturated carbocycles. The third kappa shape index (κ3) is 5.00. The van der Waals surface area contributed by atoms with Crippen LogP contribution in [0.1, 0.15) is 19.5 Å². The van der Waals surface area contributed by atoms with Gasteiger partial charge in [-0.05, 0) is 25.3 Å². The Morgan fingerprint density at radius 3 is 2.75 bits per heavy atom. The molecule has 2 aliphatic rings. The second-order valence-corrected chi connectivity index (χ2v) is 12.3. The highest BCUT2D eigenvalue weighted by molar-refractivity contribution is 8.00. The van der Waals surface area contributed by atoms with E-state index in [0.717, 1.165) is 21.6 Å². The van der Waals surface area contributed by atoms with Gasteiger partial charge in [-0.25, -0.2) is 14.6 Å². The number of nitrogens with one attached hydrogen (secondary N) is 1. The SMILES string of the molecule is CC(C)(ON=C(C(=O)NC1C(=O)N2C(C(=O)O)=C(C[n+]3cccc4sccc43)CS[C@@H]12)c1csc(N)n1)C(=O)O. The quantitative estimate of drug-likeness (QED) is 0.120. The van der Waals surface area contributed by atoms with E-state index < -0.39 is 40.8 Å². The van der Waals surface area contributed by atoms with Gasteiger partial charge in [-0.3, -0.25) is 14.5 Å². The first-order valence-corrected chi connectivity index (χ1v) is 14.6. The van der Waals surface area contributed by atoms with Gasteiger partial charge in [-0.2, -0.15) is 4.57 Å². The van der Waals surface area contributed by atoms with Crippen molar-refractivity contribution in [2.75, 3.05) is 11.5 Å². The Kier molecular flexibility index (Phi) is 7.24. The fourth-order valence-corrected chi connectivity index (χ4v) is 6.84. The Hall–Kier alpha value is -4.02. The molecular weight excluding hydrogens is 581 g/mol. The third-order valence-electron chi connectivity index (χ3n) is 6.25. The molecule has 1 unspecified atom stereocenters. The summed E-state index contributed by atoms with van der Waals surface area (Å²) in [6, 6.07) is 4.77. The first kappa shape index (κ1) is 27.5. The lowest BCUT2D eigenvalue weighted by Gasteiger charge is -2.49. The number of oxime groups is 1. The third-order valence-corrected chi connectivity index (χ3v) is 9.14. The van der Waals surface area contributed by atoms with Gasteiger partial charge in [0.1, 0.15) is 22.8 Å². The minimum absolute atomic E-state index is 0.0363. The summed E-state index contributed by atoms with van der Waals surface area (Å²) in [5.41, 5.74) is 5.03. The van der Waals surface area contributed by atoms with Gasteiger partial charge in [-0.1, -0.05) is 5.16 Å². The van der Waals surface area contributed by atoms with Crippen LogP contribution in [-0.4, -0.2) is 72.3 Å². The summed E-state index contributed by atoms with van der Waals surface area (Å²) in [5, 5.41) is 28.5. The van der Waals surface area contributed by atoms with Crippen molar-refractivity contribution in [1.29, 1.82) is 0 Å². The van der Waals surface area contributed by atoms with Gasteiger partial charge in [-0.15, -0.1) is 34.4 Å². The Bertz CT molecular complexity index is 1610. The van der Waals surface area contributed by atoms with E-state index in [-0.39, 0.29) is 28.8 Å². The number of hydrogen-bond acceptors (Lipinski definition) is 11. The van der Waals surface area contributed by atoms with E-state index in [9.17, 15) is 29.4 Å². The number of aromatic nitrogens is 2. The molecule has 0 bridgehead atoms. The van der Waals surface area contributed by atoms with Crippen LogP contribution in [0.3, 0.4) is 0 Å². The van der Waals surface area contributed by atoms with Crippen LogP contribution in [0.4, 0.5) is 5.13 Å². The van der Waals surface area contributed by atoms with Gasteiger partial charge in [0.25, 0.3) is 11.8 Å². The molecule has 13 nitrogen and oxygen atoms in total. The number of pyridine rings is 1. The lowest BCUT2D eigenvalue weighted by molar-refractivity contribution is -0.663. The van der Waals surface area contributed by atoms with Gasteiger partial charge in [0.2, 0.25) is 11.1 Å². The number of fused-ring (bicyclic) bond motifs is 2. The number of nitrogen functional groups attached to an aromatic ring is 1. The maximum Gasteiger partial charge on any atom is 0.352 e. The molecule has 5 heterocycles. The molecule has 2 atom stereocenters. The van der Waals surface area contributed by atoms with Crippen LogP contribution in [0.25, 0.3) is 10.2 Å². The van der Waals surface area contributed by atoms with E-state index in [2.05, 4.69) is 15.5 Å². The Labute approximate surface area is 238 Å². The van der Waals surface area contributed by atoms with Crippen LogP contribution in [0.15, 0.2) is 51.6 Å². The Morgan fingerprint density at radius 2 is 2.08 bits per heavy atom. The highest BCUT2D eigenvalue weighted by Crippen LogP contribution is 2.40. The maximum absolute atomic E-state index is 13.2. The average molecular weight is 604 g/mol. The van der Waals surface area contributed by atoms with Crippen LogP contribution in [0.5, 0.6) is 0 Å². The van der Waals surface area contributed by atoms with Crippen molar-refractivity contribution in [3.63, 3.8) is 0 Å². The zero-order valence-corrected chi connectivity index (χ0v) is 23.5. The van der Waals surface area contributed by atoms with Crippen molar-refractivity contribution in [1.82, 2.24) is 15.2 Å². The minimum Gasteiger partial charge on any atom is -0.478 e. The van der Waals surface area contributed by atoms with E-state index in [0.29, 0.717) is 11.3 Å². The number of carboxylic acids is 2. The normalized spacial score (nSPS) is 19.3. The van der Waals surface area contributed by atoms with E-state index in [1.54, 1.807) is 11.3 Å². The number of nitrogens with two attached hydrogens (primary N) is 1. The summed E-state index contributed by atoms with van der Waals surface area (Å²) < 4.78 is 2.99. The highest BCUT2D eigenvalue weighted by atomic mass is 32.2. The number of thiophene rings is 1. The smallest absolute Gasteiger partial charge is 0.352 e. The van der Waals surface area contributed by atoms with Crippen LogP contribution < -0.4 is 15.6 Å². The molecule has 0 aliphatic carbocycles. The summed E-state index contributed by atoms with van der Waals surface area (Å²) in [6.45, 7) is 2.80. The first-order valence-electron chi connectivity index (χ1n) is 11.8. The first-order chi connectivity index (χ1) is 19.0. The number of carbonyl (C=O) groups is 4. The number of carbonyl (C=O) groups excluding carboxylic acids is 2. The number of β-lactam (4-membered cyclic amide) rings is 1. The summed E-state index contributed by atoms with van der Waals surface area (Å²) in [4.78, 5) is 60.5. The molecule has 40 heavy (non-hydrogen) atoms. The summed E-state index contributed by atoms with van der Waals surface area (Å²) in [5.74, 6) is -3.66. The summed E-state index contributed by atoms with van der Waals surface area (Å²) in [7, 11) is 0. The molecule has 5 N–H and O–H groups in total. The van der Waals surface area contributed by atoms with Crippen molar-refractivity contribution in [3.8, 4) is 0 Å². The van der Waals surface area contributed by atoms with Crippen LogP contribution in [0.2, 0.25) is 0 Å². The molecular formula is C24H23N6O7S3+. The fourth-order valence-electron chi connectivity index (χ4n) is 4.15. The molecule has 16 heteroatoms. The predicted molar refractivity (Wildman–Crippen MR) is 148 cm³/mol. The molecule has 0 spiro atoms. The van der Waals surface area contributed by atoms with E-state index in [1.165, 1.54) is 35.9 Å². The molecule has 2 amide bonds. The number of thiazole rings is 1. The molecule has 1 fully saturated rings.